The predicted molar refractivity (Wildman–Crippen MR) is 90.9 cm³/mol. The van der Waals surface area contributed by atoms with E-state index < -0.39 is 0 Å². The van der Waals surface area contributed by atoms with E-state index in [0.717, 1.165) is 47.1 Å². The van der Waals surface area contributed by atoms with Gasteiger partial charge in [-0.05, 0) is 31.5 Å². The molecule has 3 aromatic rings. The molecule has 0 unspecified atom stereocenters. The van der Waals surface area contributed by atoms with E-state index in [-0.39, 0.29) is 5.82 Å². The molecule has 4 rings (SSSR count). The second-order valence-electron chi connectivity index (χ2n) is 6.06. The molecule has 1 aliphatic rings. The highest BCUT2D eigenvalue weighted by molar-refractivity contribution is 5.81. The van der Waals surface area contributed by atoms with Crippen LogP contribution in [-0.2, 0) is 4.74 Å². The first-order valence-electron chi connectivity index (χ1n) is 8.09. The van der Waals surface area contributed by atoms with Crippen molar-refractivity contribution >= 4 is 11.5 Å². The molecule has 1 aromatic carbocycles. The highest BCUT2D eigenvalue weighted by atomic mass is 19.1. The molecular formula is C18H19FN4O. The molecule has 0 amide bonds. The third-order valence-corrected chi connectivity index (χ3v) is 4.34. The first-order chi connectivity index (χ1) is 11.6. The molecule has 6 heteroatoms. The number of nitrogens with zero attached hydrogens (tertiary/aromatic N) is 4. The van der Waals surface area contributed by atoms with Gasteiger partial charge in [-0.15, -0.1) is 0 Å². The number of rotatable bonds is 2. The molecule has 3 heterocycles. The van der Waals surface area contributed by atoms with Crippen molar-refractivity contribution in [2.24, 2.45) is 0 Å². The Morgan fingerprint density at radius 1 is 1.08 bits per heavy atom. The number of halogens is 1. The lowest BCUT2D eigenvalue weighted by Gasteiger charge is -2.29. The molecule has 0 saturated carbocycles. The summed E-state index contributed by atoms with van der Waals surface area (Å²) in [6.07, 6.45) is 0. The Hall–Kier alpha value is -2.47. The van der Waals surface area contributed by atoms with Crippen LogP contribution < -0.4 is 4.90 Å². The number of anilines is 1. The third-order valence-electron chi connectivity index (χ3n) is 4.34. The van der Waals surface area contributed by atoms with Crippen molar-refractivity contribution in [3.63, 3.8) is 0 Å². The molecule has 1 aliphatic heterocycles. The average Bonchev–Trinajstić information content (AvgIpc) is 2.91. The summed E-state index contributed by atoms with van der Waals surface area (Å²) >= 11 is 0. The maximum Gasteiger partial charge on any atom is 0.165 e. The van der Waals surface area contributed by atoms with Crippen molar-refractivity contribution in [1.82, 2.24) is 14.6 Å². The summed E-state index contributed by atoms with van der Waals surface area (Å²) in [5.74, 6) is 0.781. The zero-order valence-electron chi connectivity index (χ0n) is 13.8. The lowest BCUT2D eigenvalue weighted by molar-refractivity contribution is 0.122. The summed E-state index contributed by atoms with van der Waals surface area (Å²) in [6.45, 7) is 7.06. The summed E-state index contributed by atoms with van der Waals surface area (Å²) < 4.78 is 20.6. The van der Waals surface area contributed by atoms with E-state index in [4.69, 9.17) is 14.8 Å². The fraction of sp³-hybridized carbons (Fsp3) is 0.333. The minimum absolute atomic E-state index is 0.244. The van der Waals surface area contributed by atoms with Gasteiger partial charge in [-0.3, -0.25) is 0 Å². The Kier molecular flexibility index (Phi) is 3.69. The highest BCUT2D eigenvalue weighted by Gasteiger charge is 2.20. The van der Waals surface area contributed by atoms with Crippen molar-refractivity contribution in [2.75, 3.05) is 31.2 Å². The Morgan fingerprint density at radius 2 is 1.79 bits per heavy atom. The van der Waals surface area contributed by atoms with E-state index >= 15 is 0 Å². The molecule has 24 heavy (non-hydrogen) atoms. The second-order valence-corrected chi connectivity index (χ2v) is 6.06. The summed E-state index contributed by atoms with van der Waals surface area (Å²) in [4.78, 5) is 6.97. The van der Waals surface area contributed by atoms with Crippen LogP contribution in [0.1, 0.15) is 11.4 Å². The molecule has 1 fully saturated rings. The Morgan fingerprint density at radius 3 is 2.50 bits per heavy atom. The number of aryl methyl sites for hydroxylation is 2. The molecule has 0 bridgehead atoms. The van der Waals surface area contributed by atoms with Crippen LogP contribution in [0.5, 0.6) is 0 Å². The lowest BCUT2D eigenvalue weighted by Crippen LogP contribution is -2.37. The number of hydrogen-bond acceptors (Lipinski definition) is 4. The quantitative estimate of drug-likeness (QED) is 0.726. The fourth-order valence-corrected chi connectivity index (χ4v) is 3.20. The molecule has 1 saturated heterocycles. The van der Waals surface area contributed by atoms with E-state index in [9.17, 15) is 4.39 Å². The van der Waals surface area contributed by atoms with Gasteiger partial charge in [-0.1, -0.05) is 12.1 Å². The van der Waals surface area contributed by atoms with Crippen molar-refractivity contribution < 1.29 is 9.13 Å². The van der Waals surface area contributed by atoms with Crippen LogP contribution in [0.3, 0.4) is 0 Å². The Balaban J connectivity index is 1.91. The summed E-state index contributed by atoms with van der Waals surface area (Å²) in [7, 11) is 0. The van der Waals surface area contributed by atoms with Gasteiger partial charge in [0.05, 0.1) is 18.9 Å². The van der Waals surface area contributed by atoms with Gasteiger partial charge in [-0.2, -0.15) is 9.61 Å². The van der Waals surface area contributed by atoms with Gasteiger partial charge in [0.25, 0.3) is 0 Å². The van der Waals surface area contributed by atoms with Crippen molar-refractivity contribution in [1.29, 1.82) is 0 Å². The lowest BCUT2D eigenvalue weighted by atomic mass is 10.1. The number of fused-ring (bicyclic) bond motifs is 1. The molecule has 0 atom stereocenters. The SMILES string of the molecule is Cc1cc(N2CCOCC2)n2nc(C)c(-c3ccc(F)cc3)c2n1. The van der Waals surface area contributed by atoms with E-state index in [1.165, 1.54) is 12.1 Å². The largest absolute Gasteiger partial charge is 0.378 e. The number of hydrogen-bond donors (Lipinski definition) is 0. The topological polar surface area (TPSA) is 42.7 Å². The second kappa shape index (κ2) is 5.87. The number of benzene rings is 1. The van der Waals surface area contributed by atoms with Gasteiger partial charge in [0, 0.05) is 30.4 Å². The zero-order chi connectivity index (χ0) is 16.7. The molecule has 0 radical (unpaired) electrons. The van der Waals surface area contributed by atoms with Crippen LogP contribution in [0.25, 0.3) is 16.8 Å². The van der Waals surface area contributed by atoms with E-state index in [1.807, 2.05) is 18.4 Å². The van der Waals surface area contributed by atoms with Gasteiger partial charge in [0.2, 0.25) is 0 Å². The normalized spacial score (nSPS) is 15.2. The maximum atomic E-state index is 13.3. The monoisotopic (exact) mass is 326 g/mol. The minimum atomic E-state index is -0.244. The van der Waals surface area contributed by atoms with Crippen LogP contribution in [0.15, 0.2) is 30.3 Å². The van der Waals surface area contributed by atoms with E-state index in [0.29, 0.717) is 13.2 Å². The summed E-state index contributed by atoms with van der Waals surface area (Å²) in [5, 5.41) is 4.71. The van der Waals surface area contributed by atoms with Gasteiger partial charge in [-0.25, -0.2) is 9.37 Å². The Bertz CT molecular complexity index is 882. The molecule has 0 spiro atoms. The van der Waals surface area contributed by atoms with Crippen LogP contribution in [0, 0.1) is 19.7 Å². The van der Waals surface area contributed by atoms with Crippen molar-refractivity contribution in [3.8, 4) is 11.1 Å². The van der Waals surface area contributed by atoms with Crippen LogP contribution in [0.2, 0.25) is 0 Å². The maximum absolute atomic E-state index is 13.3. The molecule has 124 valence electrons. The summed E-state index contributed by atoms with van der Waals surface area (Å²) in [5.41, 5.74) is 4.50. The fourth-order valence-electron chi connectivity index (χ4n) is 3.20. The highest BCUT2D eigenvalue weighted by Crippen LogP contribution is 2.30. The Labute approximate surface area is 139 Å². The molecule has 0 aliphatic carbocycles. The molecule has 0 N–H and O–H groups in total. The minimum Gasteiger partial charge on any atom is -0.378 e. The van der Waals surface area contributed by atoms with Crippen LogP contribution in [-0.4, -0.2) is 40.9 Å². The van der Waals surface area contributed by atoms with Crippen LogP contribution in [0.4, 0.5) is 10.2 Å². The van der Waals surface area contributed by atoms with Crippen molar-refractivity contribution in [3.05, 3.63) is 47.5 Å². The molecule has 5 nitrogen and oxygen atoms in total. The van der Waals surface area contributed by atoms with Gasteiger partial charge in [0.1, 0.15) is 11.6 Å². The van der Waals surface area contributed by atoms with Crippen molar-refractivity contribution in [2.45, 2.75) is 13.8 Å². The smallest absolute Gasteiger partial charge is 0.165 e. The average molecular weight is 326 g/mol. The molecule has 2 aromatic heterocycles. The number of aromatic nitrogens is 3. The first-order valence-corrected chi connectivity index (χ1v) is 8.09. The summed E-state index contributed by atoms with van der Waals surface area (Å²) in [6, 6.07) is 8.54. The molecular weight excluding hydrogens is 307 g/mol. The third kappa shape index (κ3) is 2.53. The van der Waals surface area contributed by atoms with E-state index in [1.54, 1.807) is 12.1 Å². The van der Waals surface area contributed by atoms with Gasteiger partial charge in [0.15, 0.2) is 5.65 Å². The van der Waals surface area contributed by atoms with Gasteiger partial charge < -0.3 is 9.64 Å². The number of ether oxygens (including phenoxy) is 1. The standard InChI is InChI=1S/C18H19FN4O/c1-12-11-16(22-7-9-24-10-8-22)23-18(20-12)17(13(2)21-23)14-3-5-15(19)6-4-14/h3-6,11H,7-10H2,1-2H3. The van der Waals surface area contributed by atoms with Crippen LogP contribution >= 0.6 is 0 Å². The number of morpholine rings is 1. The first kappa shape index (κ1) is 15.1. The van der Waals surface area contributed by atoms with E-state index in [2.05, 4.69) is 11.0 Å². The zero-order valence-corrected chi connectivity index (χ0v) is 13.8. The van der Waals surface area contributed by atoms with Gasteiger partial charge >= 0.3 is 0 Å². The predicted octanol–water partition coefficient (Wildman–Crippen LogP) is 2.99.